The summed E-state index contributed by atoms with van der Waals surface area (Å²) in [7, 11) is 0. The first-order chi connectivity index (χ1) is 8.68. The molecule has 2 heteroatoms. The summed E-state index contributed by atoms with van der Waals surface area (Å²) in [4.78, 5) is 0. The predicted octanol–water partition coefficient (Wildman–Crippen LogP) is 2.84. The third kappa shape index (κ3) is 7.46. The van der Waals surface area contributed by atoms with Gasteiger partial charge in [-0.15, -0.1) is 0 Å². The van der Waals surface area contributed by atoms with E-state index in [-0.39, 0.29) is 0 Å². The minimum atomic E-state index is 0.555. The molecule has 0 amide bonds. The Balaban J connectivity index is 2.00. The van der Waals surface area contributed by atoms with Gasteiger partial charge in [0.15, 0.2) is 0 Å². The molecule has 0 heterocycles. The van der Waals surface area contributed by atoms with E-state index in [1.807, 2.05) is 0 Å². The van der Waals surface area contributed by atoms with E-state index in [1.165, 1.54) is 18.4 Å². The van der Waals surface area contributed by atoms with E-state index in [0.717, 1.165) is 25.6 Å². The highest BCUT2D eigenvalue weighted by atomic mass is 15.0. The second-order valence-electron chi connectivity index (χ2n) is 5.50. The summed E-state index contributed by atoms with van der Waals surface area (Å²) in [6.07, 6.45) is 2.37. The van der Waals surface area contributed by atoms with Crippen LogP contribution in [0.1, 0.15) is 32.8 Å². The first-order valence-electron chi connectivity index (χ1n) is 7.16. The lowest BCUT2D eigenvalue weighted by molar-refractivity contribution is 0.469. The van der Waals surface area contributed by atoms with Gasteiger partial charge in [-0.05, 0) is 44.3 Å². The molecule has 1 unspecified atom stereocenters. The molecule has 0 aliphatic carbocycles. The van der Waals surface area contributed by atoms with Crippen molar-refractivity contribution < 1.29 is 0 Å². The second kappa shape index (κ2) is 9.12. The smallest absolute Gasteiger partial charge is 0.0164 e. The van der Waals surface area contributed by atoms with Gasteiger partial charge in [0.25, 0.3) is 0 Å². The van der Waals surface area contributed by atoms with Crippen molar-refractivity contribution >= 4 is 0 Å². The quantitative estimate of drug-likeness (QED) is 0.657. The van der Waals surface area contributed by atoms with Crippen molar-refractivity contribution in [2.24, 2.45) is 5.92 Å². The van der Waals surface area contributed by atoms with E-state index in [9.17, 15) is 0 Å². The Labute approximate surface area is 112 Å². The van der Waals surface area contributed by atoms with Crippen LogP contribution >= 0.6 is 0 Å². The van der Waals surface area contributed by atoms with E-state index in [4.69, 9.17) is 0 Å². The van der Waals surface area contributed by atoms with Crippen molar-refractivity contribution in [3.05, 3.63) is 35.9 Å². The maximum absolute atomic E-state index is 3.56. The third-order valence-corrected chi connectivity index (χ3v) is 2.98. The number of rotatable bonds is 9. The molecule has 0 radical (unpaired) electrons. The summed E-state index contributed by atoms with van der Waals surface area (Å²) >= 11 is 0. The van der Waals surface area contributed by atoms with Crippen LogP contribution in [-0.2, 0) is 6.42 Å². The van der Waals surface area contributed by atoms with Gasteiger partial charge in [0.05, 0.1) is 0 Å². The summed E-state index contributed by atoms with van der Waals surface area (Å²) in [5, 5.41) is 7.04. The topological polar surface area (TPSA) is 24.1 Å². The molecule has 0 saturated carbocycles. The zero-order valence-corrected chi connectivity index (χ0v) is 12.1. The first-order valence-corrected chi connectivity index (χ1v) is 7.16. The van der Waals surface area contributed by atoms with E-state index >= 15 is 0 Å². The van der Waals surface area contributed by atoms with Crippen LogP contribution in [0, 0.1) is 5.92 Å². The molecule has 0 spiro atoms. The second-order valence-corrected chi connectivity index (χ2v) is 5.50. The fourth-order valence-corrected chi connectivity index (χ4v) is 1.95. The molecule has 0 aromatic heterocycles. The molecular formula is C16H28N2. The van der Waals surface area contributed by atoms with Crippen molar-refractivity contribution in [2.75, 3.05) is 19.6 Å². The highest BCUT2D eigenvalue weighted by molar-refractivity contribution is 5.14. The Morgan fingerprint density at radius 3 is 2.39 bits per heavy atom. The maximum Gasteiger partial charge on any atom is 0.0164 e. The minimum absolute atomic E-state index is 0.555. The van der Waals surface area contributed by atoms with Gasteiger partial charge in [-0.25, -0.2) is 0 Å². The number of nitrogens with one attached hydrogen (secondary N) is 2. The summed E-state index contributed by atoms with van der Waals surface area (Å²) < 4.78 is 0. The summed E-state index contributed by atoms with van der Waals surface area (Å²) in [5.74, 6) is 0.732. The number of benzene rings is 1. The van der Waals surface area contributed by atoms with Gasteiger partial charge in [0.1, 0.15) is 0 Å². The third-order valence-electron chi connectivity index (χ3n) is 2.98. The van der Waals surface area contributed by atoms with Crippen LogP contribution in [-0.4, -0.2) is 25.7 Å². The summed E-state index contributed by atoms with van der Waals surface area (Å²) in [6.45, 7) is 9.99. The monoisotopic (exact) mass is 248 g/mol. The zero-order valence-electron chi connectivity index (χ0n) is 12.1. The van der Waals surface area contributed by atoms with Crippen LogP contribution in [0.2, 0.25) is 0 Å². The minimum Gasteiger partial charge on any atom is -0.315 e. The lowest BCUT2D eigenvalue weighted by atomic mass is 10.1. The molecule has 0 saturated heterocycles. The highest BCUT2D eigenvalue weighted by Crippen LogP contribution is 2.01. The number of hydrogen-bond donors (Lipinski definition) is 2. The molecule has 18 heavy (non-hydrogen) atoms. The molecule has 1 rings (SSSR count). The normalized spacial score (nSPS) is 12.9. The van der Waals surface area contributed by atoms with Crippen LogP contribution < -0.4 is 10.6 Å². The van der Waals surface area contributed by atoms with Crippen molar-refractivity contribution in [2.45, 2.75) is 39.7 Å². The van der Waals surface area contributed by atoms with Gasteiger partial charge in [-0.2, -0.15) is 0 Å². The highest BCUT2D eigenvalue weighted by Gasteiger charge is 2.01. The molecule has 1 atom stereocenters. The Kier molecular flexibility index (Phi) is 7.70. The van der Waals surface area contributed by atoms with Crippen LogP contribution in [0.15, 0.2) is 30.3 Å². The van der Waals surface area contributed by atoms with Crippen molar-refractivity contribution in [1.29, 1.82) is 0 Å². The molecular weight excluding hydrogens is 220 g/mol. The van der Waals surface area contributed by atoms with Gasteiger partial charge in [0.2, 0.25) is 0 Å². The molecule has 0 aliphatic heterocycles. The van der Waals surface area contributed by atoms with Crippen molar-refractivity contribution in [1.82, 2.24) is 10.6 Å². The number of hydrogen-bond acceptors (Lipinski definition) is 2. The molecule has 0 bridgehead atoms. The fraction of sp³-hybridized carbons (Fsp3) is 0.625. The van der Waals surface area contributed by atoms with Gasteiger partial charge in [0, 0.05) is 12.6 Å². The van der Waals surface area contributed by atoms with E-state index in [2.05, 4.69) is 61.7 Å². The average molecular weight is 248 g/mol. The van der Waals surface area contributed by atoms with E-state index < -0.39 is 0 Å². The van der Waals surface area contributed by atoms with Crippen LogP contribution in [0.3, 0.4) is 0 Å². The summed E-state index contributed by atoms with van der Waals surface area (Å²) in [6, 6.07) is 11.3. The SMILES string of the molecule is CC(C)CNCC(C)NCCCc1ccccc1. The van der Waals surface area contributed by atoms with Crippen molar-refractivity contribution in [3.8, 4) is 0 Å². The van der Waals surface area contributed by atoms with Gasteiger partial charge in [-0.1, -0.05) is 44.2 Å². The molecule has 2 N–H and O–H groups in total. The summed E-state index contributed by atoms with van der Waals surface area (Å²) in [5.41, 5.74) is 1.44. The standard InChI is InChI=1S/C16H28N2/c1-14(2)12-17-13-15(3)18-11-7-10-16-8-5-4-6-9-16/h4-6,8-9,14-15,17-18H,7,10-13H2,1-3H3. The lowest BCUT2D eigenvalue weighted by Crippen LogP contribution is -2.38. The number of aryl methyl sites for hydroxylation is 1. The predicted molar refractivity (Wildman–Crippen MR) is 79.9 cm³/mol. The first kappa shape index (κ1) is 15.2. The Morgan fingerprint density at radius 2 is 1.72 bits per heavy atom. The zero-order chi connectivity index (χ0) is 13.2. The molecule has 102 valence electrons. The largest absolute Gasteiger partial charge is 0.315 e. The molecule has 2 nitrogen and oxygen atoms in total. The fourth-order valence-electron chi connectivity index (χ4n) is 1.95. The molecule has 1 aromatic carbocycles. The molecule has 1 aromatic rings. The molecule has 0 aliphatic rings. The average Bonchev–Trinajstić information content (AvgIpc) is 2.35. The van der Waals surface area contributed by atoms with Gasteiger partial charge in [-0.3, -0.25) is 0 Å². The Bertz CT molecular complexity index is 295. The molecule has 0 fully saturated rings. The van der Waals surface area contributed by atoms with Gasteiger partial charge < -0.3 is 10.6 Å². The van der Waals surface area contributed by atoms with Gasteiger partial charge >= 0.3 is 0 Å². The maximum atomic E-state index is 3.56. The Morgan fingerprint density at radius 1 is 1.00 bits per heavy atom. The van der Waals surface area contributed by atoms with Crippen LogP contribution in [0.25, 0.3) is 0 Å². The van der Waals surface area contributed by atoms with E-state index in [1.54, 1.807) is 0 Å². The van der Waals surface area contributed by atoms with Crippen LogP contribution in [0.5, 0.6) is 0 Å². The van der Waals surface area contributed by atoms with Crippen molar-refractivity contribution in [3.63, 3.8) is 0 Å². The van der Waals surface area contributed by atoms with E-state index in [0.29, 0.717) is 6.04 Å². The van der Waals surface area contributed by atoms with Crippen LogP contribution in [0.4, 0.5) is 0 Å². The lowest BCUT2D eigenvalue weighted by Gasteiger charge is -2.15. The Hall–Kier alpha value is -0.860.